The van der Waals surface area contributed by atoms with E-state index >= 15 is 0 Å². The Morgan fingerprint density at radius 2 is 1.91 bits per heavy atom. The van der Waals surface area contributed by atoms with Crippen molar-refractivity contribution < 1.29 is 14.6 Å². The van der Waals surface area contributed by atoms with Gasteiger partial charge in [-0.05, 0) is 18.3 Å². The van der Waals surface area contributed by atoms with Crippen LogP contribution in [0.25, 0.3) is 11.4 Å². The summed E-state index contributed by atoms with van der Waals surface area (Å²) in [6.45, 7) is 4.32. The lowest BCUT2D eigenvalue weighted by Gasteiger charge is -2.47. The van der Waals surface area contributed by atoms with E-state index in [9.17, 15) is 5.11 Å². The highest BCUT2D eigenvalue weighted by Crippen LogP contribution is 2.52. The molecule has 0 aromatic carbocycles. The van der Waals surface area contributed by atoms with Crippen LogP contribution in [-0.4, -0.2) is 36.7 Å². The number of methoxy groups -OCH3 is 1. The van der Waals surface area contributed by atoms with E-state index in [4.69, 9.17) is 15.2 Å². The molecule has 1 fully saturated rings. The summed E-state index contributed by atoms with van der Waals surface area (Å²) in [6, 6.07) is 1.80. The molecule has 3 N–H and O–H groups in total. The van der Waals surface area contributed by atoms with E-state index in [-0.39, 0.29) is 23.7 Å². The van der Waals surface area contributed by atoms with Gasteiger partial charge < -0.3 is 24.9 Å². The third-order valence-electron chi connectivity index (χ3n) is 6.39. The Balaban J connectivity index is 1.56. The number of aryl methyl sites for hydroxylation is 1. The first-order chi connectivity index (χ1) is 15.2. The summed E-state index contributed by atoms with van der Waals surface area (Å²) in [4.78, 5) is 17.4. The second-order valence-corrected chi connectivity index (χ2v) is 8.99. The molecule has 1 aliphatic rings. The van der Waals surface area contributed by atoms with E-state index in [1.807, 2.05) is 17.8 Å². The van der Waals surface area contributed by atoms with Crippen LogP contribution in [0.1, 0.15) is 50.8 Å². The molecule has 0 saturated heterocycles. The molecule has 9 nitrogen and oxygen atoms in total. The molecule has 0 bridgehead atoms. The topological polar surface area (TPSA) is 121 Å². The van der Waals surface area contributed by atoms with Crippen LogP contribution in [-0.2, 0) is 19.3 Å². The first-order valence-corrected chi connectivity index (χ1v) is 10.7. The van der Waals surface area contributed by atoms with Crippen molar-refractivity contribution in [2.75, 3.05) is 12.8 Å². The second-order valence-electron chi connectivity index (χ2n) is 8.99. The van der Waals surface area contributed by atoms with Gasteiger partial charge in [-0.2, -0.15) is 0 Å². The number of anilines is 1. The number of aliphatic hydroxyl groups is 1. The molecule has 3 aromatic rings. The molecule has 170 valence electrons. The molecule has 3 aromatic heterocycles. The number of pyridine rings is 1. The molecular formula is C23H30N6O3. The summed E-state index contributed by atoms with van der Waals surface area (Å²) in [5, 5.41) is 11.6. The van der Waals surface area contributed by atoms with E-state index in [1.165, 1.54) is 0 Å². The van der Waals surface area contributed by atoms with Crippen molar-refractivity contribution in [3.63, 3.8) is 0 Å². The number of nitrogens with two attached hydrogens (primary N) is 1. The lowest BCUT2D eigenvalue weighted by Crippen LogP contribution is -2.44. The molecule has 9 heteroatoms. The maximum atomic E-state index is 11.6. The van der Waals surface area contributed by atoms with Crippen molar-refractivity contribution in [2.24, 2.45) is 12.5 Å². The summed E-state index contributed by atoms with van der Waals surface area (Å²) in [5.41, 5.74) is 7.29. The summed E-state index contributed by atoms with van der Waals surface area (Å²) >= 11 is 0. The molecule has 3 heterocycles. The van der Waals surface area contributed by atoms with Crippen LogP contribution >= 0.6 is 0 Å². The molecule has 1 aliphatic carbocycles. The summed E-state index contributed by atoms with van der Waals surface area (Å²) < 4.78 is 13.3. The van der Waals surface area contributed by atoms with Crippen LogP contribution in [0.4, 0.5) is 5.82 Å². The molecule has 4 rings (SSSR count). The lowest BCUT2D eigenvalue weighted by atomic mass is 9.62. The molecule has 0 radical (unpaired) electrons. The Morgan fingerprint density at radius 1 is 1.12 bits per heavy atom. The highest BCUT2D eigenvalue weighted by molar-refractivity contribution is 5.55. The second kappa shape index (κ2) is 8.38. The molecule has 0 spiro atoms. The van der Waals surface area contributed by atoms with E-state index < -0.39 is 5.60 Å². The number of nitrogen functional groups attached to an aromatic ring is 1. The average Bonchev–Trinajstić information content (AvgIpc) is 3.21. The van der Waals surface area contributed by atoms with E-state index in [2.05, 4.69) is 33.8 Å². The van der Waals surface area contributed by atoms with Gasteiger partial charge in [0.25, 0.3) is 5.88 Å². The van der Waals surface area contributed by atoms with Crippen molar-refractivity contribution in [3.8, 4) is 23.0 Å². The minimum atomic E-state index is -0.990. The zero-order valence-electron chi connectivity index (χ0n) is 19.0. The summed E-state index contributed by atoms with van der Waals surface area (Å²) in [6.07, 6.45) is 10.5. The van der Waals surface area contributed by atoms with E-state index in [0.717, 1.165) is 19.3 Å². The molecule has 0 amide bonds. The molecule has 1 unspecified atom stereocenters. The van der Waals surface area contributed by atoms with Gasteiger partial charge in [-0.1, -0.05) is 26.7 Å². The third kappa shape index (κ3) is 4.00. The Hall–Kier alpha value is -3.20. The summed E-state index contributed by atoms with van der Waals surface area (Å²) in [5.74, 6) is 0.994. The largest absolute Gasteiger partial charge is 0.496 e. The standard InChI is InChI=1S/C23H30N6O3/c1-22(2)7-5-6-8-23(22,30)16-10-25-15(9-19(16)31-4)13-32-21-20(24)26-11-17(28-21)18-12-29(3)14-27-18/h9-12,14,30H,5-8,13H2,1-4H3,(H2,24,26). The average molecular weight is 439 g/mol. The maximum absolute atomic E-state index is 11.6. The quantitative estimate of drug-likeness (QED) is 0.602. The van der Waals surface area contributed by atoms with Gasteiger partial charge in [0.2, 0.25) is 0 Å². The van der Waals surface area contributed by atoms with Crippen molar-refractivity contribution in [1.82, 2.24) is 24.5 Å². The highest BCUT2D eigenvalue weighted by Gasteiger charge is 2.48. The number of nitrogens with zero attached hydrogens (tertiary/aromatic N) is 5. The molecular weight excluding hydrogens is 408 g/mol. The fourth-order valence-corrected chi connectivity index (χ4v) is 4.33. The predicted octanol–water partition coefficient (Wildman–Crippen LogP) is 3.23. The molecule has 1 saturated carbocycles. The Kier molecular flexibility index (Phi) is 5.77. The van der Waals surface area contributed by atoms with Crippen molar-refractivity contribution in [2.45, 2.75) is 51.7 Å². The van der Waals surface area contributed by atoms with E-state index in [0.29, 0.717) is 34.8 Å². The number of aromatic nitrogens is 5. The van der Waals surface area contributed by atoms with Crippen LogP contribution in [0.3, 0.4) is 0 Å². The highest BCUT2D eigenvalue weighted by atomic mass is 16.5. The van der Waals surface area contributed by atoms with Gasteiger partial charge in [0.15, 0.2) is 5.82 Å². The Morgan fingerprint density at radius 3 is 2.59 bits per heavy atom. The first kappa shape index (κ1) is 22.0. The predicted molar refractivity (Wildman–Crippen MR) is 120 cm³/mol. The van der Waals surface area contributed by atoms with Crippen LogP contribution in [0.5, 0.6) is 11.6 Å². The normalized spacial score (nSPS) is 20.2. The van der Waals surface area contributed by atoms with Crippen LogP contribution < -0.4 is 15.2 Å². The zero-order valence-corrected chi connectivity index (χ0v) is 19.0. The molecule has 32 heavy (non-hydrogen) atoms. The first-order valence-electron chi connectivity index (χ1n) is 10.7. The van der Waals surface area contributed by atoms with Gasteiger partial charge in [0.05, 0.1) is 30.9 Å². The van der Waals surface area contributed by atoms with E-state index in [1.54, 1.807) is 31.9 Å². The number of ether oxygens (including phenoxy) is 2. The van der Waals surface area contributed by atoms with Crippen LogP contribution in [0.15, 0.2) is 31.0 Å². The summed E-state index contributed by atoms with van der Waals surface area (Å²) in [7, 11) is 3.48. The monoisotopic (exact) mass is 438 g/mol. The number of hydrogen-bond acceptors (Lipinski definition) is 8. The maximum Gasteiger partial charge on any atom is 0.258 e. The van der Waals surface area contributed by atoms with Crippen molar-refractivity contribution >= 4 is 5.82 Å². The van der Waals surface area contributed by atoms with Gasteiger partial charge in [-0.15, -0.1) is 0 Å². The SMILES string of the molecule is COc1cc(COc2nc(-c3cn(C)cn3)cnc2N)ncc1C1(O)CCCCC1(C)C. The van der Waals surface area contributed by atoms with Crippen LogP contribution in [0.2, 0.25) is 0 Å². The van der Waals surface area contributed by atoms with Gasteiger partial charge in [0.1, 0.15) is 23.7 Å². The number of rotatable bonds is 6. The zero-order chi connectivity index (χ0) is 22.9. The van der Waals surface area contributed by atoms with Crippen LogP contribution in [0, 0.1) is 5.41 Å². The Labute approximate surface area is 187 Å². The fourth-order valence-electron chi connectivity index (χ4n) is 4.33. The number of hydrogen-bond donors (Lipinski definition) is 2. The minimum absolute atomic E-state index is 0.128. The van der Waals surface area contributed by atoms with Gasteiger partial charge in [-0.3, -0.25) is 4.98 Å². The van der Waals surface area contributed by atoms with Crippen molar-refractivity contribution in [1.29, 1.82) is 0 Å². The van der Waals surface area contributed by atoms with Gasteiger partial charge >= 0.3 is 0 Å². The fraction of sp³-hybridized carbons (Fsp3) is 0.478. The minimum Gasteiger partial charge on any atom is -0.496 e. The molecule has 0 aliphatic heterocycles. The lowest BCUT2D eigenvalue weighted by molar-refractivity contribution is -0.105. The molecule has 1 atom stereocenters. The Bertz CT molecular complexity index is 1110. The van der Waals surface area contributed by atoms with Crippen molar-refractivity contribution in [3.05, 3.63) is 42.2 Å². The van der Waals surface area contributed by atoms with Gasteiger partial charge in [0, 0.05) is 31.1 Å². The number of imidazole rings is 1. The smallest absolute Gasteiger partial charge is 0.258 e. The van der Waals surface area contributed by atoms with Gasteiger partial charge in [-0.25, -0.2) is 15.0 Å². The third-order valence-corrected chi connectivity index (χ3v) is 6.39.